The normalized spacial score (nSPS) is 15.8. The van der Waals surface area contributed by atoms with E-state index >= 15 is 0 Å². The molecule has 0 saturated carbocycles. The standard InChI is InChI=1S/C11H17NO4S2/c1-8(2)10(13)12-3-4-15-11(14)16-9-5-17-7-18-6-9/h9H,1,3-7H2,2H3,(H,12,13). The molecule has 1 rings (SSSR count). The van der Waals surface area contributed by atoms with Gasteiger partial charge in [0.1, 0.15) is 12.7 Å². The summed E-state index contributed by atoms with van der Waals surface area (Å²) in [6.45, 7) is 5.47. The van der Waals surface area contributed by atoms with Gasteiger partial charge in [0.25, 0.3) is 0 Å². The minimum Gasteiger partial charge on any atom is -0.432 e. The molecule has 1 saturated heterocycles. The fraction of sp³-hybridized carbons (Fsp3) is 0.636. The van der Waals surface area contributed by atoms with Crippen LogP contribution >= 0.6 is 23.5 Å². The zero-order valence-electron chi connectivity index (χ0n) is 10.3. The molecule has 1 amide bonds. The Bertz CT molecular complexity index is 316. The molecule has 0 aromatic rings. The van der Waals surface area contributed by atoms with Gasteiger partial charge in [-0.2, -0.15) is 0 Å². The summed E-state index contributed by atoms with van der Waals surface area (Å²) in [4.78, 5) is 22.4. The van der Waals surface area contributed by atoms with E-state index in [-0.39, 0.29) is 25.2 Å². The number of ether oxygens (including phenoxy) is 2. The molecular formula is C11H17NO4S2. The molecule has 7 heteroatoms. The van der Waals surface area contributed by atoms with Crippen LogP contribution in [0, 0.1) is 0 Å². The van der Waals surface area contributed by atoms with Crippen molar-refractivity contribution in [2.45, 2.75) is 13.0 Å². The molecule has 0 bridgehead atoms. The molecule has 5 nitrogen and oxygen atoms in total. The molecule has 0 aromatic heterocycles. The van der Waals surface area contributed by atoms with Crippen molar-refractivity contribution >= 4 is 35.6 Å². The number of nitrogens with one attached hydrogen (secondary N) is 1. The summed E-state index contributed by atoms with van der Waals surface area (Å²) < 4.78 is 9.96. The molecule has 18 heavy (non-hydrogen) atoms. The maximum absolute atomic E-state index is 11.3. The van der Waals surface area contributed by atoms with Gasteiger partial charge in [-0.05, 0) is 6.92 Å². The molecule has 0 radical (unpaired) electrons. The lowest BCUT2D eigenvalue weighted by Gasteiger charge is -2.20. The summed E-state index contributed by atoms with van der Waals surface area (Å²) in [5.74, 6) is 1.38. The van der Waals surface area contributed by atoms with Crippen molar-refractivity contribution in [2.75, 3.05) is 29.7 Å². The summed E-state index contributed by atoms with van der Waals surface area (Å²) >= 11 is 3.49. The van der Waals surface area contributed by atoms with Crippen molar-refractivity contribution < 1.29 is 19.1 Å². The molecule has 0 aliphatic carbocycles. The summed E-state index contributed by atoms with van der Waals surface area (Å²) in [5.41, 5.74) is 0.425. The Kier molecular flexibility index (Phi) is 7.04. The molecule has 0 spiro atoms. The first-order valence-electron chi connectivity index (χ1n) is 5.52. The number of hydrogen-bond donors (Lipinski definition) is 1. The van der Waals surface area contributed by atoms with Crippen molar-refractivity contribution in [1.29, 1.82) is 0 Å². The van der Waals surface area contributed by atoms with Crippen molar-refractivity contribution in [3.63, 3.8) is 0 Å². The highest BCUT2D eigenvalue weighted by Crippen LogP contribution is 2.23. The predicted molar refractivity (Wildman–Crippen MR) is 73.8 cm³/mol. The predicted octanol–water partition coefficient (Wildman–Crippen LogP) is 1.64. The third-order valence-electron chi connectivity index (χ3n) is 2.03. The quantitative estimate of drug-likeness (QED) is 0.472. The van der Waals surface area contributed by atoms with Crippen LogP contribution in [0.4, 0.5) is 4.79 Å². The van der Waals surface area contributed by atoms with Crippen LogP contribution in [0.5, 0.6) is 0 Å². The number of rotatable bonds is 5. The van der Waals surface area contributed by atoms with Crippen molar-refractivity contribution in [2.24, 2.45) is 0 Å². The van der Waals surface area contributed by atoms with E-state index in [1.54, 1.807) is 30.4 Å². The molecule has 1 heterocycles. The van der Waals surface area contributed by atoms with Crippen molar-refractivity contribution in [3.05, 3.63) is 12.2 Å². The monoisotopic (exact) mass is 291 g/mol. The van der Waals surface area contributed by atoms with Crippen LogP contribution in [0.1, 0.15) is 6.92 Å². The van der Waals surface area contributed by atoms with Gasteiger partial charge < -0.3 is 14.8 Å². The van der Waals surface area contributed by atoms with Gasteiger partial charge in [0.2, 0.25) is 5.91 Å². The van der Waals surface area contributed by atoms with Crippen LogP contribution in [-0.2, 0) is 14.3 Å². The lowest BCUT2D eigenvalue weighted by atomic mass is 10.3. The second kappa shape index (κ2) is 8.31. The zero-order valence-corrected chi connectivity index (χ0v) is 11.9. The Labute approximate surface area is 115 Å². The Hall–Kier alpha value is -0.820. The smallest absolute Gasteiger partial charge is 0.432 e. The highest BCUT2D eigenvalue weighted by atomic mass is 32.2. The minimum absolute atomic E-state index is 0.0775. The number of thioether (sulfide) groups is 2. The SMILES string of the molecule is C=C(C)C(=O)NCCOC(=O)OC1CSCSC1. The van der Waals surface area contributed by atoms with Crippen molar-refractivity contribution in [1.82, 2.24) is 5.32 Å². The second-order valence-electron chi connectivity index (χ2n) is 3.73. The number of hydrogen-bond acceptors (Lipinski definition) is 6. The van der Waals surface area contributed by atoms with Gasteiger partial charge in [0.15, 0.2) is 0 Å². The largest absolute Gasteiger partial charge is 0.508 e. The van der Waals surface area contributed by atoms with Crippen LogP contribution < -0.4 is 5.32 Å². The average molecular weight is 291 g/mol. The Morgan fingerprint density at radius 2 is 2.06 bits per heavy atom. The minimum atomic E-state index is -0.673. The third-order valence-corrected chi connectivity index (χ3v) is 4.58. The summed E-state index contributed by atoms with van der Waals surface area (Å²) in [7, 11) is 0. The maximum Gasteiger partial charge on any atom is 0.508 e. The van der Waals surface area contributed by atoms with Gasteiger partial charge in [0.05, 0.1) is 6.54 Å². The Morgan fingerprint density at radius 3 is 2.67 bits per heavy atom. The molecule has 1 aliphatic rings. The molecule has 1 fully saturated rings. The Morgan fingerprint density at radius 1 is 1.39 bits per heavy atom. The van der Waals surface area contributed by atoms with Gasteiger partial charge >= 0.3 is 6.16 Å². The molecule has 0 unspecified atom stereocenters. The first-order chi connectivity index (χ1) is 8.59. The van der Waals surface area contributed by atoms with Gasteiger partial charge in [-0.3, -0.25) is 4.79 Å². The molecule has 1 aliphatic heterocycles. The van der Waals surface area contributed by atoms with E-state index in [1.165, 1.54) is 0 Å². The number of carbonyl (C=O) groups is 2. The van der Waals surface area contributed by atoms with Crippen LogP contribution in [-0.4, -0.2) is 47.9 Å². The van der Waals surface area contributed by atoms with E-state index < -0.39 is 6.16 Å². The summed E-state index contributed by atoms with van der Waals surface area (Å²) in [5, 5.41) is 3.61. The second-order valence-corrected chi connectivity index (χ2v) is 6.16. The average Bonchev–Trinajstić information content (AvgIpc) is 2.35. The first-order valence-corrected chi connectivity index (χ1v) is 7.83. The molecule has 0 atom stereocenters. The first kappa shape index (κ1) is 15.2. The lowest BCUT2D eigenvalue weighted by molar-refractivity contribution is -0.117. The van der Waals surface area contributed by atoms with Crippen LogP contribution in [0.2, 0.25) is 0 Å². The van der Waals surface area contributed by atoms with Crippen LogP contribution in [0.15, 0.2) is 12.2 Å². The third kappa shape index (κ3) is 6.20. The molecular weight excluding hydrogens is 274 g/mol. The molecule has 0 aromatic carbocycles. The van der Waals surface area contributed by atoms with E-state index in [4.69, 9.17) is 9.47 Å². The van der Waals surface area contributed by atoms with E-state index in [0.717, 1.165) is 16.6 Å². The van der Waals surface area contributed by atoms with Gasteiger partial charge in [-0.1, -0.05) is 6.58 Å². The van der Waals surface area contributed by atoms with E-state index in [2.05, 4.69) is 11.9 Å². The zero-order chi connectivity index (χ0) is 13.4. The molecule has 102 valence electrons. The van der Waals surface area contributed by atoms with Crippen molar-refractivity contribution in [3.8, 4) is 0 Å². The van der Waals surface area contributed by atoms with Gasteiger partial charge in [-0.25, -0.2) is 4.79 Å². The number of carbonyl (C=O) groups excluding carboxylic acids is 2. The number of amides is 1. The summed E-state index contributed by atoms with van der Waals surface area (Å²) in [6, 6.07) is 0. The van der Waals surface area contributed by atoms with E-state index in [0.29, 0.717) is 5.57 Å². The van der Waals surface area contributed by atoms with Gasteiger partial charge in [-0.15, -0.1) is 23.5 Å². The topological polar surface area (TPSA) is 64.6 Å². The van der Waals surface area contributed by atoms with Gasteiger partial charge in [0, 0.05) is 22.2 Å². The lowest BCUT2D eigenvalue weighted by Crippen LogP contribution is -2.30. The summed E-state index contributed by atoms with van der Waals surface area (Å²) in [6.07, 6.45) is -0.751. The molecule has 1 N–H and O–H groups in total. The highest BCUT2D eigenvalue weighted by Gasteiger charge is 2.19. The fourth-order valence-corrected chi connectivity index (χ4v) is 3.44. The highest BCUT2D eigenvalue weighted by molar-refractivity contribution is 8.16. The van der Waals surface area contributed by atoms with E-state index in [9.17, 15) is 9.59 Å². The van der Waals surface area contributed by atoms with E-state index in [1.807, 2.05) is 0 Å². The fourth-order valence-electron chi connectivity index (χ4n) is 1.15. The van der Waals surface area contributed by atoms with Crippen LogP contribution in [0.3, 0.4) is 0 Å². The maximum atomic E-state index is 11.3. The Balaban J connectivity index is 2.06. The van der Waals surface area contributed by atoms with Crippen LogP contribution in [0.25, 0.3) is 0 Å².